The van der Waals surface area contributed by atoms with Crippen molar-refractivity contribution < 1.29 is 4.79 Å². The largest absolute Gasteiger partial charge is 0.355 e. The van der Waals surface area contributed by atoms with E-state index in [1.807, 2.05) is 43.3 Å². The second-order valence-corrected chi connectivity index (χ2v) is 6.71. The van der Waals surface area contributed by atoms with Crippen LogP contribution in [0.2, 0.25) is 0 Å². The average Bonchev–Trinajstić information content (AvgIpc) is 3.25. The molecule has 1 fully saturated rings. The van der Waals surface area contributed by atoms with Gasteiger partial charge in [-0.2, -0.15) is 5.10 Å². The third-order valence-electron chi connectivity index (χ3n) is 4.80. The lowest BCUT2D eigenvalue weighted by Gasteiger charge is -2.31. The summed E-state index contributed by atoms with van der Waals surface area (Å²) in [7, 11) is 0. The van der Waals surface area contributed by atoms with Gasteiger partial charge in [-0.1, -0.05) is 17.7 Å². The molecule has 1 aromatic carbocycles. The summed E-state index contributed by atoms with van der Waals surface area (Å²) in [6.07, 6.45) is 4.64. The fourth-order valence-electron chi connectivity index (χ4n) is 3.19. The predicted molar refractivity (Wildman–Crippen MR) is 102 cm³/mol. The second kappa shape index (κ2) is 7.53. The van der Waals surface area contributed by atoms with Gasteiger partial charge in [-0.15, -0.1) is 10.2 Å². The minimum absolute atomic E-state index is 0.0185. The van der Waals surface area contributed by atoms with Gasteiger partial charge in [0.05, 0.1) is 0 Å². The normalized spacial score (nSPS) is 14.9. The first kappa shape index (κ1) is 17.1. The summed E-state index contributed by atoms with van der Waals surface area (Å²) < 4.78 is 1.57. The Morgan fingerprint density at radius 1 is 1.04 bits per heavy atom. The highest BCUT2D eigenvalue weighted by Crippen LogP contribution is 2.23. The van der Waals surface area contributed by atoms with E-state index in [0.29, 0.717) is 5.82 Å². The smallest absolute Gasteiger partial charge is 0.227 e. The summed E-state index contributed by atoms with van der Waals surface area (Å²) >= 11 is 0. The minimum Gasteiger partial charge on any atom is -0.355 e. The van der Waals surface area contributed by atoms with Crippen LogP contribution in [0.3, 0.4) is 0 Å². The summed E-state index contributed by atoms with van der Waals surface area (Å²) in [6.45, 7) is 3.59. The number of aromatic nitrogens is 5. The molecular formula is C19H21N7O. The number of benzene rings is 1. The fourth-order valence-corrected chi connectivity index (χ4v) is 3.19. The Morgan fingerprint density at radius 2 is 1.74 bits per heavy atom. The van der Waals surface area contributed by atoms with Crippen molar-refractivity contribution in [2.75, 3.05) is 23.3 Å². The van der Waals surface area contributed by atoms with E-state index in [4.69, 9.17) is 0 Å². The number of hydrogen-bond donors (Lipinski definition) is 1. The molecule has 1 aliphatic rings. The Bertz CT molecular complexity index is 883. The lowest BCUT2D eigenvalue weighted by Crippen LogP contribution is -2.38. The lowest BCUT2D eigenvalue weighted by molar-refractivity contribution is -0.120. The average molecular weight is 363 g/mol. The van der Waals surface area contributed by atoms with Crippen LogP contribution in [0, 0.1) is 12.8 Å². The summed E-state index contributed by atoms with van der Waals surface area (Å²) in [5.41, 5.74) is 2.03. The first-order valence-electron chi connectivity index (χ1n) is 9.00. The van der Waals surface area contributed by atoms with E-state index in [1.165, 1.54) is 11.9 Å². The molecule has 0 atom stereocenters. The van der Waals surface area contributed by atoms with E-state index < -0.39 is 0 Å². The molecule has 0 unspecified atom stereocenters. The Hall–Kier alpha value is -3.29. The van der Waals surface area contributed by atoms with E-state index in [-0.39, 0.29) is 11.8 Å². The predicted octanol–water partition coefficient (Wildman–Crippen LogP) is 2.22. The third-order valence-corrected chi connectivity index (χ3v) is 4.80. The van der Waals surface area contributed by atoms with Gasteiger partial charge in [0, 0.05) is 24.7 Å². The third kappa shape index (κ3) is 3.94. The fraction of sp³-hybridized carbons (Fsp3) is 0.316. The molecule has 3 aromatic rings. The number of carbonyl (C=O) groups excluding carboxylic acids is 1. The molecular weight excluding hydrogens is 342 g/mol. The van der Waals surface area contributed by atoms with Crippen LogP contribution in [-0.4, -0.2) is 44.0 Å². The first-order chi connectivity index (χ1) is 13.2. The quantitative estimate of drug-likeness (QED) is 0.765. The van der Waals surface area contributed by atoms with Crippen LogP contribution in [0.25, 0.3) is 5.82 Å². The van der Waals surface area contributed by atoms with Gasteiger partial charge < -0.3 is 10.2 Å². The highest BCUT2D eigenvalue weighted by atomic mass is 16.1. The second-order valence-electron chi connectivity index (χ2n) is 6.71. The van der Waals surface area contributed by atoms with Gasteiger partial charge in [0.25, 0.3) is 0 Å². The van der Waals surface area contributed by atoms with Crippen LogP contribution in [-0.2, 0) is 4.79 Å². The van der Waals surface area contributed by atoms with Crippen molar-refractivity contribution in [2.24, 2.45) is 5.92 Å². The molecule has 8 nitrogen and oxygen atoms in total. The van der Waals surface area contributed by atoms with E-state index >= 15 is 0 Å². The van der Waals surface area contributed by atoms with Gasteiger partial charge in [-0.3, -0.25) is 4.79 Å². The topological polar surface area (TPSA) is 88.8 Å². The molecule has 1 saturated heterocycles. The van der Waals surface area contributed by atoms with Crippen LogP contribution in [0.5, 0.6) is 0 Å². The highest BCUT2D eigenvalue weighted by molar-refractivity contribution is 5.92. The summed E-state index contributed by atoms with van der Waals surface area (Å²) in [4.78, 5) is 18.6. The molecule has 2 aromatic heterocycles. The van der Waals surface area contributed by atoms with Crippen molar-refractivity contribution in [3.05, 3.63) is 54.6 Å². The molecule has 27 heavy (non-hydrogen) atoms. The molecule has 0 bridgehead atoms. The number of carbonyl (C=O) groups is 1. The van der Waals surface area contributed by atoms with Crippen LogP contribution >= 0.6 is 0 Å². The summed E-state index contributed by atoms with van der Waals surface area (Å²) in [6, 6.07) is 11.7. The monoisotopic (exact) mass is 363 g/mol. The van der Waals surface area contributed by atoms with Gasteiger partial charge in [0.2, 0.25) is 5.91 Å². The molecule has 0 spiro atoms. The maximum atomic E-state index is 12.5. The molecule has 1 aliphatic heterocycles. The van der Waals surface area contributed by atoms with E-state index in [0.717, 1.165) is 37.4 Å². The van der Waals surface area contributed by atoms with Crippen molar-refractivity contribution in [3.63, 3.8) is 0 Å². The minimum atomic E-state index is 0.0185. The standard InChI is InChI=1S/C19H21N7O/c1-14-2-4-16(5-3-14)22-19(27)15-8-10-25(11-9-15)17-6-7-18(24-23-17)26-13-20-12-21-26/h2-7,12-13,15H,8-11H2,1H3,(H,22,27). The van der Waals surface area contributed by atoms with Crippen molar-refractivity contribution >= 4 is 17.4 Å². The Kier molecular flexibility index (Phi) is 4.78. The molecule has 0 saturated carbocycles. The zero-order valence-corrected chi connectivity index (χ0v) is 15.1. The molecule has 4 rings (SSSR count). The summed E-state index contributed by atoms with van der Waals surface area (Å²) in [5.74, 6) is 1.55. The lowest BCUT2D eigenvalue weighted by atomic mass is 9.96. The van der Waals surface area contributed by atoms with Crippen LogP contribution in [0.4, 0.5) is 11.5 Å². The van der Waals surface area contributed by atoms with Crippen molar-refractivity contribution in [1.29, 1.82) is 0 Å². The highest BCUT2D eigenvalue weighted by Gasteiger charge is 2.25. The number of hydrogen-bond acceptors (Lipinski definition) is 6. The number of piperidine rings is 1. The molecule has 0 radical (unpaired) electrons. The SMILES string of the molecule is Cc1ccc(NC(=O)C2CCN(c3ccc(-n4cncn4)nn3)CC2)cc1. The molecule has 138 valence electrons. The van der Waals surface area contributed by atoms with Crippen molar-refractivity contribution in [2.45, 2.75) is 19.8 Å². The van der Waals surface area contributed by atoms with E-state index in [9.17, 15) is 4.79 Å². The maximum absolute atomic E-state index is 12.5. The first-order valence-corrected chi connectivity index (χ1v) is 9.00. The zero-order valence-electron chi connectivity index (χ0n) is 15.1. The van der Waals surface area contributed by atoms with Gasteiger partial charge >= 0.3 is 0 Å². The number of nitrogens with zero attached hydrogens (tertiary/aromatic N) is 6. The van der Waals surface area contributed by atoms with Crippen molar-refractivity contribution in [1.82, 2.24) is 25.0 Å². The number of nitrogens with one attached hydrogen (secondary N) is 1. The Labute approximate surface area is 157 Å². The number of rotatable bonds is 4. The van der Waals surface area contributed by atoms with Gasteiger partial charge in [0.1, 0.15) is 12.7 Å². The van der Waals surface area contributed by atoms with Gasteiger partial charge in [0.15, 0.2) is 11.6 Å². The molecule has 1 amide bonds. The molecule has 3 heterocycles. The van der Waals surface area contributed by atoms with E-state index in [1.54, 1.807) is 11.0 Å². The van der Waals surface area contributed by atoms with E-state index in [2.05, 4.69) is 30.5 Å². The molecule has 0 aliphatic carbocycles. The molecule has 8 heteroatoms. The number of aryl methyl sites for hydroxylation is 1. The van der Waals surface area contributed by atoms with Gasteiger partial charge in [-0.25, -0.2) is 9.67 Å². The van der Waals surface area contributed by atoms with Crippen molar-refractivity contribution in [3.8, 4) is 5.82 Å². The van der Waals surface area contributed by atoms with Crippen LogP contribution < -0.4 is 10.2 Å². The number of anilines is 2. The summed E-state index contributed by atoms with van der Waals surface area (Å²) in [5, 5.41) is 15.6. The zero-order chi connectivity index (χ0) is 18.6. The Morgan fingerprint density at radius 3 is 2.37 bits per heavy atom. The van der Waals surface area contributed by atoms with Crippen LogP contribution in [0.15, 0.2) is 49.1 Å². The van der Waals surface area contributed by atoms with Gasteiger partial charge in [-0.05, 0) is 44.0 Å². The Balaban J connectivity index is 1.33. The van der Waals surface area contributed by atoms with Crippen LogP contribution in [0.1, 0.15) is 18.4 Å². The molecule has 1 N–H and O–H groups in total. The maximum Gasteiger partial charge on any atom is 0.227 e. The number of amides is 1.